The third kappa shape index (κ3) is 2.52. The molecule has 0 aliphatic carbocycles. The lowest BCUT2D eigenvalue weighted by atomic mass is 10.1. The molecule has 3 aromatic rings. The molecule has 1 N–H and O–H groups in total. The maximum Gasteiger partial charge on any atom is 0.354 e. The van der Waals surface area contributed by atoms with Crippen molar-refractivity contribution in [1.82, 2.24) is 9.55 Å². The van der Waals surface area contributed by atoms with Crippen LogP contribution in [0.2, 0.25) is 0 Å². The van der Waals surface area contributed by atoms with Crippen molar-refractivity contribution >= 4 is 16.9 Å². The van der Waals surface area contributed by atoms with Gasteiger partial charge in [-0.25, -0.2) is 9.78 Å². The predicted molar refractivity (Wildman–Crippen MR) is 81.6 cm³/mol. The van der Waals surface area contributed by atoms with E-state index in [1.54, 1.807) is 6.07 Å². The molecule has 0 saturated carbocycles. The summed E-state index contributed by atoms with van der Waals surface area (Å²) in [5, 5.41) is 10.2. The minimum Gasteiger partial charge on any atom is -0.477 e. The van der Waals surface area contributed by atoms with Crippen molar-refractivity contribution in [2.24, 2.45) is 0 Å². The van der Waals surface area contributed by atoms with E-state index in [4.69, 9.17) is 5.11 Å². The second-order valence-electron chi connectivity index (χ2n) is 4.97. The quantitative estimate of drug-likeness (QED) is 0.797. The number of para-hydroxylation sites is 1. The highest BCUT2D eigenvalue weighted by atomic mass is 16.4. The van der Waals surface area contributed by atoms with Crippen molar-refractivity contribution in [3.63, 3.8) is 0 Å². The van der Waals surface area contributed by atoms with Crippen LogP contribution in [0.25, 0.3) is 10.9 Å². The van der Waals surface area contributed by atoms with E-state index >= 15 is 0 Å². The first-order valence-electron chi connectivity index (χ1n) is 6.95. The first kappa shape index (κ1) is 13.4. The Morgan fingerprint density at radius 1 is 1.19 bits per heavy atom. The maximum atomic E-state index is 11.0. The van der Waals surface area contributed by atoms with E-state index in [2.05, 4.69) is 40.7 Å². The van der Waals surface area contributed by atoms with Crippen LogP contribution in [0.3, 0.4) is 0 Å². The molecule has 2 aromatic heterocycles. The molecule has 4 nitrogen and oxygen atoms in total. The topological polar surface area (TPSA) is 55.1 Å². The van der Waals surface area contributed by atoms with E-state index in [-0.39, 0.29) is 5.69 Å². The third-order valence-electron chi connectivity index (χ3n) is 3.61. The van der Waals surface area contributed by atoms with Crippen LogP contribution in [0.4, 0.5) is 0 Å². The van der Waals surface area contributed by atoms with Gasteiger partial charge in [-0.1, -0.05) is 31.2 Å². The average Bonchev–Trinajstić information content (AvgIpc) is 2.91. The van der Waals surface area contributed by atoms with Crippen molar-refractivity contribution in [3.8, 4) is 0 Å². The number of carboxylic acids is 1. The van der Waals surface area contributed by atoms with Crippen molar-refractivity contribution in [2.75, 3.05) is 0 Å². The van der Waals surface area contributed by atoms with Crippen LogP contribution < -0.4 is 0 Å². The van der Waals surface area contributed by atoms with Crippen LogP contribution in [0.1, 0.15) is 28.7 Å². The molecule has 0 radical (unpaired) electrons. The summed E-state index contributed by atoms with van der Waals surface area (Å²) >= 11 is 0. The number of aromatic carboxylic acids is 1. The molecule has 106 valence electrons. The van der Waals surface area contributed by atoms with E-state index < -0.39 is 5.97 Å². The van der Waals surface area contributed by atoms with Crippen LogP contribution >= 0.6 is 0 Å². The molecule has 0 atom stereocenters. The Labute approximate surface area is 122 Å². The van der Waals surface area contributed by atoms with E-state index in [0.29, 0.717) is 6.54 Å². The van der Waals surface area contributed by atoms with Crippen molar-refractivity contribution < 1.29 is 9.90 Å². The van der Waals surface area contributed by atoms with Crippen molar-refractivity contribution in [1.29, 1.82) is 0 Å². The fraction of sp³-hybridized carbons (Fsp3) is 0.176. The lowest BCUT2D eigenvalue weighted by molar-refractivity contribution is 0.0690. The molecule has 1 aromatic carbocycles. The number of aryl methyl sites for hydroxylation is 1. The minimum absolute atomic E-state index is 0.0830. The van der Waals surface area contributed by atoms with Gasteiger partial charge < -0.3 is 9.67 Å². The summed E-state index contributed by atoms with van der Waals surface area (Å²) in [5.74, 6) is -0.997. The number of aromatic nitrogens is 2. The van der Waals surface area contributed by atoms with Gasteiger partial charge in [0.2, 0.25) is 0 Å². The SMILES string of the molecule is CCc1cccc2ccn(Cc3cccc(C(=O)O)n3)c12. The number of pyridine rings is 1. The molecule has 3 rings (SSSR count). The van der Waals surface area contributed by atoms with Crippen LogP contribution in [-0.2, 0) is 13.0 Å². The molecule has 0 aliphatic heterocycles. The Kier molecular flexibility index (Phi) is 3.44. The number of nitrogens with zero attached hydrogens (tertiary/aromatic N) is 2. The van der Waals surface area contributed by atoms with E-state index in [0.717, 1.165) is 12.1 Å². The zero-order valence-electron chi connectivity index (χ0n) is 11.8. The molecule has 0 spiro atoms. The van der Waals surface area contributed by atoms with Gasteiger partial charge in [-0.05, 0) is 35.6 Å². The number of fused-ring (bicyclic) bond motifs is 1. The number of carboxylic acid groups (broad SMARTS) is 1. The molecule has 0 bridgehead atoms. The first-order chi connectivity index (χ1) is 10.2. The molecule has 0 amide bonds. The molecular formula is C17H16N2O2. The lowest BCUT2D eigenvalue weighted by Crippen LogP contribution is -2.06. The Morgan fingerprint density at radius 3 is 2.76 bits per heavy atom. The number of carbonyl (C=O) groups is 1. The van der Waals surface area contributed by atoms with Gasteiger partial charge in [0.25, 0.3) is 0 Å². The fourth-order valence-corrected chi connectivity index (χ4v) is 2.62. The Morgan fingerprint density at radius 2 is 2.00 bits per heavy atom. The summed E-state index contributed by atoms with van der Waals surface area (Å²) in [6.45, 7) is 2.71. The summed E-state index contributed by atoms with van der Waals surface area (Å²) in [5.41, 5.74) is 3.31. The standard InChI is InChI=1S/C17H16N2O2/c1-2-12-5-3-6-13-9-10-19(16(12)13)11-14-7-4-8-15(18-14)17(20)21/h3-10H,2,11H2,1H3,(H,20,21). The van der Waals surface area contributed by atoms with Gasteiger partial charge in [-0.2, -0.15) is 0 Å². The first-order valence-corrected chi connectivity index (χ1v) is 6.95. The van der Waals surface area contributed by atoms with Crippen molar-refractivity contribution in [3.05, 3.63) is 65.6 Å². The van der Waals surface area contributed by atoms with Gasteiger partial charge >= 0.3 is 5.97 Å². The van der Waals surface area contributed by atoms with Gasteiger partial charge in [0, 0.05) is 6.20 Å². The summed E-state index contributed by atoms with van der Waals surface area (Å²) in [4.78, 5) is 15.2. The fourth-order valence-electron chi connectivity index (χ4n) is 2.62. The average molecular weight is 280 g/mol. The molecule has 0 unspecified atom stereocenters. The summed E-state index contributed by atoms with van der Waals surface area (Å²) < 4.78 is 2.13. The zero-order chi connectivity index (χ0) is 14.8. The van der Waals surface area contributed by atoms with Crippen LogP contribution in [0.15, 0.2) is 48.7 Å². The van der Waals surface area contributed by atoms with E-state index in [1.807, 2.05) is 12.3 Å². The molecule has 21 heavy (non-hydrogen) atoms. The van der Waals surface area contributed by atoms with Gasteiger partial charge in [0.15, 0.2) is 0 Å². The van der Waals surface area contributed by atoms with Gasteiger partial charge in [-0.3, -0.25) is 0 Å². The predicted octanol–water partition coefficient (Wildman–Crippen LogP) is 3.35. The third-order valence-corrected chi connectivity index (χ3v) is 3.61. The van der Waals surface area contributed by atoms with E-state index in [9.17, 15) is 4.79 Å². The molecule has 2 heterocycles. The largest absolute Gasteiger partial charge is 0.477 e. The smallest absolute Gasteiger partial charge is 0.354 e. The lowest BCUT2D eigenvalue weighted by Gasteiger charge is -2.09. The normalized spacial score (nSPS) is 10.9. The highest BCUT2D eigenvalue weighted by molar-refractivity contribution is 5.85. The van der Waals surface area contributed by atoms with Crippen LogP contribution in [0.5, 0.6) is 0 Å². The number of rotatable bonds is 4. The number of benzene rings is 1. The summed E-state index contributed by atoms with van der Waals surface area (Å²) in [7, 11) is 0. The monoisotopic (exact) mass is 280 g/mol. The summed E-state index contributed by atoms with van der Waals surface area (Å²) in [6, 6.07) is 13.5. The second-order valence-corrected chi connectivity index (χ2v) is 4.97. The Bertz CT molecular complexity index is 805. The maximum absolute atomic E-state index is 11.0. The molecule has 0 saturated heterocycles. The number of hydrogen-bond donors (Lipinski definition) is 1. The highest BCUT2D eigenvalue weighted by Gasteiger charge is 2.08. The summed E-state index contributed by atoms with van der Waals surface area (Å²) in [6.07, 6.45) is 2.99. The second kappa shape index (κ2) is 5.40. The van der Waals surface area contributed by atoms with Gasteiger partial charge in [-0.15, -0.1) is 0 Å². The highest BCUT2D eigenvalue weighted by Crippen LogP contribution is 2.21. The minimum atomic E-state index is -0.997. The Hall–Kier alpha value is -2.62. The van der Waals surface area contributed by atoms with Gasteiger partial charge in [0.05, 0.1) is 17.8 Å². The zero-order valence-corrected chi connectivity index (χ0v) is 11.8. The van der Waals surface area contributed by atoms with E-state index in [1.165, 1.54) is 22.5 Å². The van der Waals surface area contributed by atoms with Gasteiger partial charge in [0.1, 0.15) is 5.69 Å². The van der Waals surface area contributed by atoms with Crippen LogP contribution in [-0.4, -0.2) is 20.6 Å². The van der Waals surface area contributed by atoms with Crippen LogP contribution in [0, 0.1) is 0 Å². The molecular weight excluding hydrogens is 264 g/mol. The Balaban J connectivity index is 2.02. The molecule has 0 fully saturated rings. The molecule has 4 heteroatoms. The van der Waals surface area contributed by atoms with Crippen molar-refractivity contribution in [2.45, 2.75) is 19.9 Å². The number of hydrogen-bond acceptors (Lipinski definition) is 2. The molecule has 0 aliphatic rings.